The topological polar surface area (TPSA) is 36.7 Å². The van der Waals surface area contributed by atoms with Crippen LogP contribution < -0.4 is 0 Å². The van der Waals surface area contributed by atoms with E-state index in [1.807, 2.05) is 6.07 Å². The van der Waals surface area contributed by atoms with Crippen LogP contribution in [0, 0.1) is 14.9 Å². The fraction of sp³-hybridized carbons (Fsp3) is 0.250. The minimum absolute atomic E-state index is 0.0465. The first-order chi connectivity index (χ1) is 6.61. The molecule has 0 radical (unpaired) electrons. The Balaban J connectivity index is 3.38. The number of alkyl halides is 3. The lowest BCUT2D eigenvalue weighted by Gasteiger charge is -2.08. The highest BCUT2D eigenvalue weighted by Crippen LogP contribution is 2.28. The normalized spacial score (nSPS) is 10.3. The number of pyridine rings is 1. The van der Waals surface area contributed by atoms with Gasteiger partial charge in [-0.3, -0.25) is 0 Å². The summed E-state index contributed by atoms with van der Waals surface area (Å²) in [7, 11) is 0. The third-order valence-corrected chi connectivity index (χ3v) is 3.06. The van der Waals surface area contributed by atoms with Gasteiger partial charge in [-0.15, -0.1) is 11.6 Å². The molecular weight excluding hydrogens is 324 g/mol. The van der Waals surface area contributed by atoms with Crippen molar-refractivity contribution >= 4 is 34.2 Å². The number of hydrogen-bond acceptors (Lipinski definition) is 2. The molecule has 0 fully saturated rings. The van der Waals surface area contributed by atoms with Crippen LogP contribution in [0.1, 0.15) is 23.2 Å². The lowest BCUT2D eigenvalue weighted by atomic mass is 10.1. The monoisotopic (exact) mass is 328 g/mol. The minimum atomic E-state index is -2.61. The molecule has 74 valence electrons. The van der Waals surface area contributed by atoms with E-state index >= 15 is 0 Å². The molecule has 0 aliphatic carbocycles. The predicted octanol–water partition coefficient (Wildman–Crippen LogP) is 3.23. The van der Waals surface area contributed by atoms with E-state index in [2.05, 4.69) is 4.98 Å². The standard InChI is InChI=1S/C8H4ClF2IN2/c9-1-4-5(8(10)11)3-14-6(2-13)7(4)12/h3,8H,1H2. The summed E-state index contributed by atoms with van der Waals surface area (Å²) in [5.41, 5.74) is 0.211. The molecule has 0 amide bonds. The lowest BCUT2D eigenvalue weighted by molar-refractivity contribution is 0.150. The maximum Gasteiger partial charge on any atom is 0.265 e. The van der Waals surface area contributed by atoms with Gasteiger partial charge in [0.05, 0.1) is 3.57 Å². The van der Waals surface area contributed by atoms with E-state index in [0.29, 0.717) is 3.57 Å². The highest BCUT2D eigenvalue weighted by Gasteiger charge is 2.17. The van der Waals surface area contributed by atoms with Crippen LogP contribution in [0.15, 0.2) is 6.20 Å². The molecule has 6 heteroatoms. The summed E-state index contributed by atoms with van der Waals surface area (Å²) in [6, 6.07) is 1.81. The number of hydrogen-bond donors (Lipinski definition) is 0. The maximum atomic E-state index is 12.4. The van der Waals surface area contributed by atoms with Gasteiger partial charge in [-0.25, -0.2) is 13.8 Å². The Morgan fingerprint density at radius 2 is 2.29 bits per heavy atom. The summed E-state index contributed by atoms with van der Waals surface area (Å²) >= 11 is 7.33. The van der Waals surface area contributed by atoms with Crippen molar-refractivity contribution in [1.82, 2.24) is 4.98 Å². The zero-order chi connectivity index (χ0) is 10.7. The first-order valence-electron chi connectivity index (χ1n) is 3.53. The van der Waals surface area contributed by atoms with Gasteiger partial charge in [0.1, 0.15) is 6.07 Å². The number of nitrogens with zero attached hydrogens (tertiary/aromatic N) is 2. The molecule has 1 aromatic rings. The maximum absolute atomic E-state index is 12.4. The minimum Gasteiger partial charge on any atom is -0.244 e. The Morgan fingerprint density at radius 3 is 2.71 bits per heavy atom. The molecule has 2 nitrogen and oxygen atoms in total. The fourth-order valence-electron chi connectivity index (χ4n) is 0.940. The largest absolute Gasteiger partial charge is 0.265 e. The average Bonchev–Trinajstić information content (AvgIpc) is 2.17. The van der Waals surface area contributed by atoms with E-state index in [9.17, 15) is 8.78 Å². The molecule has 0 aliphatic heterocycles. The van der Waals surface area contributed by atoms with Gasteiger partial charge in [-0.1, -0.05) is 0 Å². The second-order valence-corrected chi connectivity index (χ2v) is 3.75. The fourth-order valence-corrected chi connectivity index (χ4v) is 2.22. The third-order valence-electron chi connectivity index (χ3n) is 1.63. The van der Waals surface area contributed by atoms with Gasteiger partial charge < -0.3 is 0 Å². The van der Waals surface area contributed by atoms with E-state index in [1.54, 1.807) is 22.6 Å². The molecule has 0 aromatic carbocycles. The Bertz CT molecular complexity index is 390. The molecule has 0 atom stereocenters. The summed E-state index contributed by atoms with van der Waals surface area (Å²) in [5, 5.41) is 8.62. The quantitative estimate of drug-likeness (QED) is 0.617. The van der Waals surface area contributed by atoms with Gasteiger partial charge in [0.2, 0.25) is 0 Å². The van der Waals surface area contributed by atoms with Crippen LogP contribution in [0.2, 0.25) is 0 Å². The summed E-state index contributed by atoms with van der Waals surface area (Å²) in [6.07, 6.45) is -1.61. The number of aromatic nitrogens is 1. The van der Waals surface area contributed by atoms with Crippen LogP contribution in [0.25, 0.3) is 0 Å². The van der Waals surface area contributed by atoms with Crippen molar-refractivity contribution in [3.63, 3.8) is 0 Å². The zero-order valence-corrected chi connectivity index (χ0v) is 9.68. The van der Waals surface area contributed by atoms with Crippen LogP contribution in [0.3, 0.4) is 0 Å². The van der Waals surface area contributed by atoms with Crippen molar-refractivity contribution in [3.8, 4) is 6.07 Å². The van der Waals surface area contributed by atoms with Crippen molar-refractivity contribution in [1.29, 1.82) is 5.26 Å². The Morgan fingerprint density at radius 1 is 1.64 bits per heavy atom. The van der Waals surface area contributed by atoms with Crippen LogP contribution in [0.5, 0.6) is 0 Å². The predicted molar refractivity (Wildman–Crippen MR) is 56.2 cm³/mol. The van der Waals surface area contributed by atoms with Gasteiger partial charge in [-0.05, 0) is 28.2 Å². The first-order valence-corrected chi connectivity index (χ1v) is 5.14. The van der Waals surface area contributed by atoms with Crippen LogP contribution in [-0.2, 0) is 5.88 Å². The summed E-state index contributed by atoms with van der Waals surface area (Å²) in [6.45, 7) is 0. The van der Waals surface area contributed by atoms with Crippen LogP contribution in [-0.4, -0.2) is 4.98 Å². The molecule has 0 saturated carbocycles. The number of nitriles is 1. The van der Waals surface area contributed by atoms with Crippen LogP contribution >= 0.6 is 34.2 Å². The van der Waals surface area contributed by atoms with Gasteiger partial charge in [0.15, 0.2) is 5.69 Å². The summed E-state index contributed by atoms with van der Waals surface area (Å²) in [5.74, 6) is -0.0465. The van der Waals surface area contributed by atoms with Crippen molar-refractivity contribution in [3.05, 3.63) is 26.6 Å². The molecule has 1 rings (SSSR count). The Hall–Kier alpha value is -0.480. The van der Waals surface area contributed by atoms with E-state index < -0.39 is 6.43 Å². The molecule has 0 unspecified atom stereocenters. The molecule has 1 aromatic heterocycles. The molecule has 1 heterocycles. The molecule has 0 N–H and O–H groups in total. The molecule has 0 saturated heterocycles. The molecule has 0 aliphatic rings. The Kier molecular flexibility index (Phi) is 4.01. The highest BCUT2D eigenvalue weighted by molar-refractivity contribution is 14.1. The van der Waals surface area contributed by atoms with Gasteiger partial charge in [-0.2, -0.15) is 5.26 Å². The number of halogens is 4. The first kappa shape index (κ1) is 11.6. The third kappa shape index (κ3) is 2.12. The van der Waals surface area contributed by atoms with Crippen molar-refractivity contribution in [2.24, 2.45) is 0 Å². The second kappa shape index (κ2) is 4.84. The van der Waals surface area contributed by atoms with Crippen molar-refractivity contribution in [2.75, 3.05) is 0 Å². The smallest absolute Gasteiger partial charge is 0.244 e. The highest BCUT2D eigenvalue weighted by atomic mass is 127. The van der Waals surface area contributed by atoms with Crippen molar-refractivity contribution in [2.45, 2.75) is 12.3 Å². The van der Waals surface area contributed by atoms with Gasteiger partial charge >= 0.3 is 0 Å². The number of rotatable bonds is 2. The van der Waals surface area contributed by atoms with Crippen molar-refractivity contribution < 1.29 is 8.78 Å². The summed E-state index contributed by atoms with van der Waals surface area (Å²) in [4.78, 5) is 3.62. The Labute approximate surface area is 98.0 Å². The average molecular weight is 328 g/mol. The summed E-state index contributed by atoms with van der Waals surface area (Å²) < 4.78 is 25.3. The molecular formula is C8H4ClF2IN2. The van der Waals surface area contributed by atoms with E-state index in [1.165, 1.54) is 0 Å². The SMILES string of the molecule is N#Cc1ncc(C(F)F)c(CCl)c1I. The van der Waals surface area contributed by atoms with E-state index in [0.717, 1.165) is 6.20 Å². The lowest BCUT2D eigenvalue weighted by Crippen LogP contribution is -2.01. The molecule has 14 heavy (non-hydrogen) atoms. The van der Waals surface area contributed by atoms with Gasteiger partial charge in [0.25, 0.3) is 6.43 Å². The second-order valence-electron chi connectivity index (χ2n) is 2.40. The van der Waals surface area contributed by atoms with E-state index in [4.69, 9.17) is 16.9 Å². The zero-order valence-electron chi connectivity index (χ0n) is 6.77. The van der Waals surface area contributed by atoms with E-state index in [-0.39, 0.29) is 22.7 Å². The molecule has 0 spiro atoms. The molecule has 0 bridgehead atoms. The van der Waals surface area contributed by atoms with Crippen LogP contribution in [0.4, 0.5) is 8.78 Å². The van der Waals surface area contributed by atoms with Gasteiger partial charge in [0, 0.05) is 17.6 Å².